The fourth-order valence-corrected chi connectivity index (χ4v) is 4.78. The summed E-state index contributed by atoms with van der Waals surface area (Å²) in [5, 5.41) is 23.0. The van der Waals surface area contributed by atoms with Crippen molar-refractivity contribution in [3.8, 4) is 11.5 Å². The van der Waals surface area contributed by atoms with E-state index in [1.165, 1.54) is 61.9 Å². The summed E-state index contributed by atoms with van der Waals surface area (Å²) in [6.45, 7) is 6.73. The lowest BCUT2D eigenvalue weighted by atomic mass is 9.86. The molecule has 0 radical (unpaired) electrons. The molecule has 4 heteroatoms. The van der Waals surface area contributed by atoms with Crippen LogP contribution < -0.4 is 5.32 Å². The van der Waals surface area contributed by atoms with Gasteiger partial charge in [0.05, 0.1) is 0 Å². The van der Waals surface area contributed by atoms with Gasteiger partial charge in [-0.3, -0.25) is 0 Å². The number of nitrogens with zero attached hydrogens (tertiary/aromatic N) is 1. The first-order valence-electron chi connectivity index (χ1n) is 12.2. The molecule has 3 rings (SSSR count). The van der Waals surface area contributed by atoms with Crippen LogP contribution in [0.5, 0.6) is 11.5 Å². The van der Waals surface area contributed by atoms with E-state index in [4.69, 9.17) is 0 Å². The van der Waals surface area contributed by atoms with Crippen LogP contribution in [0.2, 0.25) is 0 Å². The third-order valence-corrected chi connectivity index (χ3v) is 6.53. The Bertz CT molecular complexity index is 775. The first-order chi connectivity index (χ1) is 15.2. The van der Waals surface area contributed by atoms with Gasteiger partial charge in [0.1, 0.15) is 11.5 Å². The summed E-state index contributed by atoms with van der Waals surface area (Å²) in [6.07, 6.45) is 10.5. The number of aromatic hydroxyl groups is 2. The Labute approximate surface area is 188 Å². The van der Waals surface area contributed by atoms with Crippen molar-refractivity contribution in [1.29, 1.82) is 0 Å². The van der Waals surface area contributed by atoms with E-state index in [1.807, 2.05) is 24.3 Å². The minimum atomic E-state index is 0.335. The summed E-state index contributed by atoms with van der Waals surface area (Å²) < 4.78 is 0. The van der Waals surface area contributed by atoms with Crippen molar-refractivity contribution in [2.75, 3.05) is 26.2 Å². The van der Waals surface area contributed by atoms with Gasteiger partial charge in [-0.05, 0) is 106 Å². The van der Waals surface area contributed by atoms with Gasteiger partial charge in [-0.1, -0.05) is 44.0 Å². The molecule has 3 N–H and O–H groups in total. The Hall–Kier alpha value is -2.04. The molecule has 31 heavy (non-hydrogen) atoms. The number of unbranched alkanes of at least 4 members (excludes halogenated alkanes) is 3. The molecule has 0 saturated carbocycles. The summed E-state index contributed by atoms with van der Waals surface area (Å²) >= 11 is 0. The van der Waals surface area contributed by atoms with Crippen molar-refractivity contribution in [3.05, 3.63) is 59.2 Å². The van der Waals surface area contributed by atoms with Crippen LogP contribution in [0.3, 0.4) is 0 Å². The van der Waals surface area contributed by atoms with Gasteiger partial charge in [0, 0.05) is 6.04 Å². The maximum atomic E-state index is 10.1. The number of hydrogen-bond donors (Lipinski definition) is 3. The molecular weight excluding hydrogens is 384 g/mol. The van der Waals surface area contributed by atoms with Crippen molar-refractivity contribution >= 4 is 0 Å². The Morgan fingerprint density at radius 2 is 1.74 bits per heavy atom. The minimum absolute atomic E-state index is 0.335. The second-order valence-corrected chi connectivity index (χ2v) is 8.93. The van der Waals surface area contributed by atoms with Crippen molar-refractivity contribution in [2.24, 2.45) is 0 Å². The third kappa shape index (κ3) is 7.55. The molecule has 0 bridgehead atoms. The molecule has 0 aliphatic heterocycles. The second kappa shape index (κ2) is 12.7. The first kappa shape index (κ1) is 23.6. The van der Waals surface area contributed by atoms with E-state index in [2.05, 4.69) is 23.2 Å². The molecule has 0 amide bonds. The standard InChI is InChI=1S/C27H40N2O2/c1-2-19-29(24-12-15-26-23(21-24)8-7-9-27(26)31)20-6-4-3-5-17-28-18-16-22-10-13-25(30)14-11-22/h7-11,13-14,24,28,30-31H,2-6,12,15-21H2,1H3. The average molecular weight is 425 g/mol. The topological polar surface area (TPSA) is 55.7 Å². The zero-order chi connectivity index (χ0) is 21.9. The lowest BCUT2D eigenvalue weighted by Gasteiger charge is -2.35. The summed E-state index contributed by atoms with van der Waals surface area (Å²) in [7, 11) is 0. The fraction of sp³-hybridized carbons (Fsp3) is 0.556. The molecule has 1 atom stereocenters. The van der Waals surface area contributed by atoms with Crippen LogP contribution in [0.25, 0.3) is 0 Å². The highest BCUT2D eigenvalue weighted by atomic mass is 16.3. The normalized spacial score (nSPS) is 15.9. The van der Waals surface area contributed by atoms with E-state index >= 15 is 0 Å². The number of phenolic OH excluding ortho intramolecular Hbond substituents is 2. The van der Waals surface area contributed by atoms with Crippen LogP contribution in [-0.2, 0) is 19.3 Å². The molecule has 0 fully saturated rings. The zero-order valence-corrected chi connectivity index (χ0v) is 19.2. The highest BCUT2D eigenvalue weighted by Crippen LogP contribution is 2.30. The second-order valence-electron chi connectivity index (χ2n) is 8.93. The van der Waals surface area contributed by atoms with E-state index in [-0.39, 0.29) is 0 Å². The molecule has 1 aliphatic rings. The maximum absolute atomic E-state index is 10.1. The van der Waals surface area contributed by atoms with Crippen molar-refractivity contribution in [1.82, 2.24) is 10.2 Å². The molecule has 4 nitrogen and oxygen atoms in total. The molecule has 2 aromatic rings. The Balaban J connectivity index is 1.28. The molecule has 0 saturated heterocycles. The van der Waals surface area contributed by atoms with Gasteiger partial charge in [0.15, 0.2) is 0 Å². The summed E-state index contributed by atoms with van der Waals surface area (Å²) in [6, 6.07) is 14.1. The number of hydrogen-bond acceptors (Lipinski definition) is 4. The van der Waals surface area contributed by atoms with Crippen LogP contribution >= 0.6 is 0 Å². The predicted octanol–water partition coefficient (Wildman–Crippen LogP) is 5.06. The molecule has 170 valence electrons. The van der Waals surface area contributed by atoms with Crippen LogP contribution in [-0.4, -0.2) is 47.3 Å². The molecule has 2 aromatic carbocycles. The summed E-state index contributed by atoms with van der Waals surface area (Å²) in [5.41, 5.74) is 3.78. The number of rotatable bonds is 13. The highest BCUT2D eigenvalue weighted by Gasteiger charge is 2.24. The quantitative estimate of drug-likeness (QED) is 0.394. The van der Waals surface area contributed by atoms with Crippen molar-refractivity contribution < 1.29 is 10.2 Å². The first-order valence-corrected chi connectivity index (χ1v) is 12.2. The van der Waals surface area contributed by atoms with Gasteiger partial charge < -0.3 is 20.4 Å². The van der Waals surface area contributed by atoms with Crippen LogP contribution in [0.1, 0.15) is 62.1 Å². The van der Waals surface area contributed by atoms with E-state index < -0.39 is 0 Å². The Morgan fingerprint density at radius 3 is 2.55 bits per heavy atom. The predicted molar refractivity (Wildman–Crippen MR) is 129 cm³/mol. The van der Waals surface area contributed by atoms with Crippen molar-refractivity contribution in [3.63, 3.8) is 0 Å². The van der Waals surface area contributed by atoms with Gasteiger partial charge >= 0.3 is 0 Å². The molecule has 1 aliphatic carbocycles. The minimum Gasteiger partial charge on any atom is -0.508 e. The van der Waals surface area contributed by atoms with Crippen molar-refractivity contribution in [2.45, 2.75) is 70.8 Å². The van der Waals surface area contributed by atoms with Crippen LogP contribution in [0, 0.1) is 0 Å². The Kier molecular flexibility index (Phi) is 9.70. The van der Waals surface area contributed by atoms with Gasteiger partial charge in [-0.2, -0.15) is 0 Å². The third-order valence-electron chi connectivity index (χ3n) is 6.53. The van der Waals surface area contributed by atoms with E-state index in [1.54, 1.807) is 12.1 Å². The zero-order valence-electron chi connectivity index (χ0n) is 19.2. The average Bonchev–Trinajstić information content (AvgIpc) is 2.78. The number of benzene rings is 2. The fourth-order valence-electron chi connectivity index (χ4n) is 4.78. The van der Waals surface area contributed by atoms with Crippen LogP contribution in [0.4, 0.5) is 0 Å². The summed E-state index contributed by atoms with van der Waals surface area (Å²) in [5.74, 6) is 0.816. The SMILES string of the molecule is CCCN(CCCCCCNCCc1ccc(O)cc1)C1CCc2c(O)cccc2C1. The van der Waals surface area contributed by atoms with Gasteiger partial charge in [-0.15, -0.1) is 0 Å². The number of fused-ring (bicyclic) bond motifs is 1. The van der Waals surface area contributed by atoms with Crippen LogP contribution in [0.15, 0.2) is 42.5 Å². The lowest BCUT2D eigenvalue weighted by Crippen LogP contribution is -2.40. The van der Waals surface area contributed by atoms with Gasteiger partial charge in [0.2, 0.25) is 0 Å². The smallest absolute Gasteiger partial charge is 0.119 e. The molecular formula is C27H40N2O2. The molecule has 1 unspecified atom stereocenters. The monoisotopic (exact) mass is 424 g/mol. The van der Waals surface area contributed by atoms with Gasteiger partial charge in [0.25, 0.3) is 0 Å². The number of nitrogens with one attached hydrogen (secondary N) is 1. The molecule has 0 spiro atoms. The summed E-state index contributed by atoms with van der Waals surface area (Å²) in [4.78, 5) is 2.70. The molecule has 0 aromatic heterocycles. The van der Waals surface area contributed by atoms with E-state index in [0.29, 0.717) is 17.5 Å². The largest absolute Gasteiger partial charge is 0.508 e. The van der Waals surface area contributed by atoms with Gasteiger partial charge in [-0.25, -0.2) is 0 Å². The van der Waals surface area contributed by atoms with E-state index in [9.17, 15) is 10.2 Å². The lowest BCUT2D eigenvalue weighted by molar-refractivity contribution is 0.175. The number of phenols is 2. The maximum Gasteiger partial charge on any atom is 0.119 e. The van der Waals surface area contributed by atoms with E-state index in [0.717, 1.165) is 38.8 Å². The molecule has 0 heterocycles. The Morgan fingerprint density at radius 1 is 0.935 bits per heavy atom. The highest BCUT2D eigenvalue weighted by molar-refractivity contribution is 5.41.